The maximum Gasteiger partial charge on any atom is 0.266 e. The number of methoxy groups -OCH3 is 1. The van der Waals surface area contributed by atoms with Gasteiger partial charge in [0, 0.05) is 34.6 Å². The number of halogens is 1. The van der Waals surface area contributed by atoms with E-state index in [0.29, 0.717) is 28.4 Å². The van der Waals surface area contributed by atoms with Gasteiger partial charge in [0.05, 0.1) is 18.7 Å². The third-order valence-electron chi connectivity index (χ3n) is 8.52. The van der Waals surface area contributed by atoms with Crippen LogP contribution in [0.2, 0.25) is 5.02 Å². The lowest BCUT2D eigenvalue weighted by Crippen LogP contribution is -2.44. The van der Waals surface area contributed by atoms with Crippen molar-refractivity contribution in [3.05, 3.63) is 80.0 Å². The minimum Gasteiger partial charge on any atom is -0.496 e. The molecule has 5 rings (SSSR count). The molecule has 2 aliphatic rings. The predicted octanol–water partition coefficient (Wildman–Crippen LogP) is 7.61. The summed E-state index contributed by atoms with van der Waals surface area (Å²) in [6.07, 6.45) is 9.24. The Hall–Kier alpha value is -2.64. The molecule has 0 spiro atoms. The number of carbonyl (C=O) groups is 1. The Labute approximate surface area is 247 Å². The van der Waals surface area contributed by atoms with Crippen molar-refractivity contribution in [3.63, 3.8) is 0 Å². The summed E-state index contributed by atoms with van der Waals surface area (Å²) >= 11 is 8.47. The Bertz CT molecular complexity index is 1370. The van der Waals surface area contributed by atoms with Gasteiger partial charge in [-0.3, -0.25) is 4.79 Å². The Morgan fingerprint density at radius 3 is 2.35 bits per heavy atom. The molecule has 2 aromatic carbocycles. The number of fused-ring (bicyclic) bond motifs is 1. The Morgan fingerprint density at radius 1 is 1.05 bits per heavy atom. The molecule has 1 fully saturated rings. The maximum absolute atomic E-state index is 14.4. The molecular weight excluding hydrogens is 540 g/mol. The van der Waals surface area contributed by atoms with Crippen LogP contribution in [0.25, 0.3) is 17.2 Å². The molecule has 1 unspecified atom stereocenters. The molecule has 1 N–H and O–H groups in total. The van der Waals surface area contributed by atoms with E-state index in [1.54, 1.807) is 18.4 Å². The Kier molecular flexibility index (Phi) is 9.01. The molecule has 212 valence electrons. The van der Waals surface area contributed by atoms with Crippen molar-refractivity contribution < 1.29 is 14.6 Å². The fraction of sp³-hybridized carbons (Fsp3) is 0.424. The van der Waals surface area contributed by atoms with E-state index in [0.717, 1.165) is 65.7 Å². The largest absolute Gasteiger partial charge is 0.496 e. The topological polar surface area (TPSA) is 53.0 Å². The molecule has 1 heterocycles. The van der Waals surface area contributed by atoms with Crippen LogP contribution in [0.15, 0.2) is 48.5 Å². The number of aliphatic hydroxyl groups excluding tert-OH is 1. The van der Waals surface area contributed by atoms with Gasteiger partial charge in [0.1, 0.15) is 10.6 Å². The van der Waals surface area contributed by atoms with E-state index in [1.165, 1.54) is 4.88 Å². The maximum atomic E-state index is 14.4. The average Bonchev–Trinajstić information content (AvgIpc) is 3.33. The number of benzene rings is 2. The summed E-state index contributed by atoms with van der Waals surface area (Å²) < 4.78 is 5.79. The van der Waals surface area contributed by atoms with Crippen LogP contribution in [0.4, 0.5) is 0 Å². The van der Waals surface area contributed by atoms with Crippen molar-refractivity contribution in [2.45, 2.75) is 70.2 Å². The van der Waals surface area contributed by atoms with E-state index >= 15 is 0 Å². The van der Waals surface area contributed by atoms with E-state index in [1.807, 2.05) is 36.4 Å². The smallest absolute Gasteiger partial charge is 0.266 e. The van der Waals surface area contributed by atoms with Crippen LogP contribution in [0.5, 0.6) is 5.75 Å². The van der Waals surface area contributed by atoms with Crippen LogP contribution in [-0.2, 0) is 13.2 Å². The minimum atomic E-state index is 0.0121. The normalized spacial score (nSPS) is 20.4. The molecule has 1 saturated carbocycles. The van der Waals surface area contributed by atoms with E-state index < -0.39 is 0 Å². The average molecular weight is 579 g/mol. The summed E-state index contributed by atoms with van der Waals surface area (Å²) in [5.41, 5.74) is 4.96. The summed E-state index contributed by atoms with van der Waals surface area (Å²) in [4.78, 5) is 20.6. The predicted molar refractivity (Wildman–Crippen MR) is 165 cm³/mol. The van der Waals surface area contributed by atoms with Gasteiger partial charge < -0.3 is 19.6 Å². The molecule has 0 radical (unpaired) electrons. The van der Waals surface area contributed by atoms with Gasteiger partial charge >= 0.3 is 0 Å². The number of nitrogens with zero attached hydrogens (tertiary/aromatic N) is 2. The SMILES string of the molecule is COc1ccc(-c2ccc(CO)cc2)cc1CN(C(=O)c1sc2c(c1Cl)C=CCC2C)[C@H]1CC[C@H](N(C)C)CC1. The third-order valence-corrected chi connectivity index (χ3v) is 10.4. The number of allylic oxidation sites excluding steroid dienone is 1. The zero-order valence-electron chi connectivity index (χ0n) is 23.8. The second kappa shape index (κ2) is 12.5. The highest BCUT2D eigenvalue weighted by Crippen LogP contribution is 2.43. The van der Waals surface area contributed by atoms with E-state index in [9.17, 15) is 9.90 Å². The van der Waals surface area contributed by atoms with Gasteiger partial charge in [-0.25, -0.2) is 0 Å². The molecule has 3 aromatic rings. The number of thiophene rings is 1. The number of ether oxygens (including phenoxy) is 1. The van der Waals surface area contributed by atoms with Crippen LogP contribution in [0, 0.1) is 0 Å². The van der Waals surface area contributed by atoms with Gasteiger partial charge in [-0.1, -0.05) is 61.0 Å². The number of hydrogen-bond donors (Lipinski definition) is 1. The second-order valence-corrected chi connectivity index (χ2v) is 12.7. The summed E-state index contributed by atoms with van der Waals surface area (Å²) in [5, 5.41) is 10.0. The highest BCUT2D eigenvalue weighted by molar-refractivity contribution is 7.15. The number of amides is 1. The lowest BCUT2D eigenvalue weighted by Gasteiger charge is -2.39. The van der Waals surface area contributed by atoms with Crippen LogP contribution in [0.1, 0.15) is 76.2 Å². The lowest BCUT2D eigenvalue weighted by atomic mass is 9.89. The van der Waals surface area contributed by atoms with Gasteiger partial charge in [-0.2, -0.15) is 0 Å². The van der Waals surface area contributed by atoms with Crippen LogP contribution < -0.4 is 4.74 Å². The van der Waals surface area contributed by atoms with Crippen molar-refractivity contribution in [2.24, 2.45) is 0 Å². The van der Waals surface area contributed by atoms with Crippen molar-refractivity contribution in [3.8, 4) is 16.9 Å². The van der Waals surface area contributed by atoms with Crippen molar-refractivity contribution in [1.29, 1.82) is 0 Å². The van der Waals surface area contributed by atoms with Crippen LogP contribution >= 0.6 is 22.9 Å². The Morgan fingerprint density at radius 2 is 1.73 bits per heavy atom. The fourth-order valence-electron chi connectivity index (χ4n) is 6.05. The summed E-state index contributed by atoms with van der Waals surface area (Å²) in [6.45, 7) is 2.67. The molecule has 7 heteroatoms. The highest BCUT2D eigenvalue weighted by Gasteiger charge is 2.34. The highest BCUT2D eigenvalue weighted by atomic mass is 35.5. The first kappa shape index (κ1) is 28.9. The van der Waals surface area contributed by atoms with Gasteiger partial charge in [-0.05, 0) is 80.9 Å². The summed E-state index contributed by atoms with van der Waals surface area (Å²) in [6, 6.07) is 14.7. The second-order valence-electron chi connectivity index (χ2n) is 11.3. The molecule has 5 nitrogen and oxygen atoms in total. The first-order chi connectivity index (χ1) is 19.3. The van der Waals surface area contributed by atoms with Crippen LogP contribution in [-0.4, -0.2) is 54.1 Å². The minimum absolute atomic E-state index is 0.0121. The van der Waals surface area contributed by atoms with E-state index in [-0.39, 0.29) is 18.6 Å². The molecule has 1 aromatic heterocycles. The number of carbonyl (C=O) groups excluding carboxylic acids is 1. The molecule has 40 heavy (non-hydrogen) atoms. The third kappa shape index (κ3) is 5.87. The van der Waals surface area contributed by atoms with Gasteiger partial charge in [0.15, 0.2) is 0 Å². The molecule has 0 saturated heterocycles. The molecule has 1 amide bonds. The standard InChI is InChI=1S/C33H39ClN2O3S/c1-21-6-5-7-28-30(34)32(40-31(21)28)33(38)36(27-15-13-26(14-16-27)35(2)3)19-25-18-24(12-17-29(25)39-4)23-10-8-22(20-37)9-11-23/h5,7-12,17-18,21,26-27,37H,6,13-16,19-20H2,1-4H3/t21?,26-,27-. The first-order valence-electron chi connectivity index (χ1n) is 14.1. The number of rotatable bonds is 8. The van der Waals surface area contributed by atoms with Gasteiger partial charge in [-0.15, -0.1) is 11.3 Å². The zero-order valence-corrected chi connectivity index (χ0v) is 25.4. The van der Waals surface area contributed by atoms with E-state index in [4.69, 9.17) is 16.3 Å². The van der Waals surface area contributed by atoms with Crippen molar-refractivity contribution in [1.82, 2.24) is 9.80 Å². The molecule has 0 aliphatic heterocycles. The van der Waals surface area contributed by atoms with Gasteiger partial charge in [0.2, 0.25) is 0 Å². The summed E-state index contributed by atoms with van der Waals surface area (Å²) in [5.74, 6) is 1.14. The zero-order chi connectivity index (χ0) is 28.4. The van der Waals surface area contributed by atoms with Crippen LogP contribution in [0.3, 0.4) is 0 Å². The van der Waals surface area contributed by atoms with Gasteiger partial charge in [0.25, 0.3) is 5.91 Å². The molecular formula is C33H39ClN2O3S. The Balaban J connectivity index is 1.51. The van der Waals surface area contributed by atoms with Crippen molar-refractivity contribution in [2.75, 3.05) is 21.2 Å². The lowest BCUT2D eigenvalue weighted by molar-refractivity contribution is 0.0573. The fourth-order valence-corrected chi connectivity index (χ4v) is 7.67. The number of hydrogen-bond acceptors (Lipinski definition) is 5. The number of aliphatic hydroxyl groups is 1. The molecule has 1 atom stereocenters. The van der Waals surface area contributed by atoms with Crippen molar-refractivity contribution >= 4 is 34.9 Å². The molecule has 2 aliphatic carbocycles. The molecule has 0 bridgehead atoms. The van der Waals surface area contributed by atoms with E-state index in [2.05, 4.69) is 49.0 Å². The summed E-state index contributed by atoms with van der Waals surface area (Å²) in [7, 11) is 5.96. The quantitative estimate of drug-likeness (QED) is 0.299. The monoisotopic (exact) mass is 578 g/mol. The first-order valence-corrected chi connectivity index (χ1v) is 15.3.